The van der Waals surface area contributed by atoms with E-state index in [-0.39, 0.29) is 21.1 Å². The van der Waals surface area contributed by atoms with Gasteiger partial charge in [-0.1, -0.05) is 11.4 Å². The van der Waals surface area contributed by atoms with Gasteiger partial charge in [0.25, 0.3) is 0 Å². The van der Waals surface area contributed by atoms with Gasteiger partial charge in [0.05, 0.1) is 0 Å². The van der Waals surface area contributed by atoms with Crippen LogP contribution < -0.4 is 0 Å². The molecule has 0 bridgehead atoms. The Bertz CT molecular complexity index is 148. The van der Waals surface area contributed by atoms with Gasteiger partial charge in [-0.25, -0.2) is 0 Å². The molecular weight excluding hydrogens is 363 g/mol. The Labute approximate surface area is 92.4 Å². The van der Waals surface area contributed by atoms with Crippen LogP contribution >= 0.6 is 0 Å². The first-order chi connectivity index (χ1) is 4.83. The largest absolute Gasteiger partial charge is 2.00 e. The van der Waals surface area contributed by atoms with Crippen LogP contribution in [0.1, 0.15) is 0 Å². The summed E-state index contributed by atoms with van der Waals surface area (Å²) in [5.74, 6) is 0. The summed E-state index contributed by atoms with van der Waals surface area (Å²) < 4.78 is 5.97. The standard InChI is InChI=1S/C8H18OSi2.Pt/c1-7-10(3,4)9-11(5,6)8-2;/h7-8H,1-2H2,3-6H3;/q;+2. The summed E-state index contributed by atoms with van der Waals surface area (Å²) in [6, 6.07) is 0. The van der Waals surface area contributed by atoms with Gasteiger partial charge in [-0.2, -0.15) is 0 Å². The molecule has 0 saturated carbocycles. The Hall–Kier alpha value is 0.562. The molecule has 0 aliphatic rings. The van der Waals surface area contributed by atoms with E-state index in [0.717, 1.165) is 0 Å². The second kappa shape index (κ2) is 5.33. The first kappa shape index (κ1) is 15.1. The van der Waals surface area contributed by atoms with Crippen LogP contribution in [0.5, 0.6) is 0 Å². The molecule has 0 atom stereocenters. The third-order valence-electron chi connectivity index (χ3n) is 1.51. The molecular formula is C8H18OPtSi2+2. The summed E-state index contributed by atoms with van der Waals surface area (Å²) in [6.45, 7) is 16.2. The van der Waals surface area contributed by atoms with Crippen LogP contribution in [0.25, 0.3) is 0 Å². The van der Waals surface area contributed by atoms with Crippen molar-refractivity contribution in [3.63, 3.8) is 0 Å². The predicted octanol–water partition coefficient (Wildman–Crippen LogP) is 2.86. The van der Waals surface area contributed by atoms with Crippen molar-refractivity contribution in [1.29, 1.82) is 0 Å². The fourth-order valence-electron chi connectivity index (χ4n) is 0.761. The van der Waals surface area contributed by atoms with Gasteiger partial charge < -0.3 is 4.12 Å². The quantitative estimate of drug-likeness (QED) is 0.681. The van der Waals surface area contributed by atoms with E-state index in [9.17, 15) is 0 Å². The molecule has 0 aromatic rings. The maximum absolute atomic E-state index is 5.97. The summed E-state index contributed by atoms with van der Waals surface area (Å²) in [6.07, 6.45) is 0. The predicted molar refractivity (Wildman–Crippen MR) is 56.4 cm³/mol. The molecule has 12 heavy (non-hydrogen) atoms. The van der Waals surface area contributed by atoms with Crippen LogP contribution in [0.4, 0.5) is 0 Å². The minimum atomic E-state index is -1.58. The van der Waals surface area contributed by atoms with Crippen molar-refractivity contribution >= 4 is 16.6 Å². The van der Waals surface area contributed by atoms with Crippen LogP contribution in [-0.4, -0.2) is 16.6 Å². The molecule has 0 heterocycles. The molecule has 0 aliphatic carbocycles. The first-order valence-corrected chi connectivity index (χ1v) is 9.77. The Balaban J connectivity index is 0. The molecule has 0 saturated heterocycles. The summed E-state index contributed by atoms with van der Waals surface area (Å²) in [7, 11) is -3.16. The van der Waals surface area contributed by atoms with Crippen LogP contribution in [-0.2, 0) is 25.2 Å². The first-order valence-electron chi connectivity index (χ1n) is 3.80. The molecule has 0 radical (unpaired) electrons. The number of hydrogen-bond acceptors (Lipinski definition) is 1. The van der Waals surface area contributed by atoms with Gasteiger partial charge in [0.1, 0.15) is 0 Å². The van der Waals surface area contributed by atoms with Gasteiger partial charge in [-0.15, -0.1) is 13.2 Å². The average molecular weight is 381 g/mol. The summed E-state index contributed by atoms with van der Waals surface area (Å²) in [4.78, 5) is 0. The summed E-state index contributed by atoms with van der Waals surface area (Å²) in [5, 5.41) is 0. The third kappa shape index (κ3) is 6.12. The molecule has 0 amide bonds. The van der Waals surface area contributed by atoms with E-state index in [2.05, 4.69) is 39.3 Å². The van der Waals surface area contributed by atoms with Crippen molar-refractivity contribution in [1.82, 2.24) is 0 Å². The minimum absolute atomic E-state index is 0. The second-order valence-corrected chi connectivity index (χ2v) is 11.8. The molecule has 4 heteroatoms. The van der Waals surface area contributed by atoms with Crippen molar-refractivity contribution in [3.8, 4) is 0 Å². The number of hydrogen-bond donors (Lipinski definition) is 0. The smallest absolute Gasteiger partial charge is 0.449 e. The van der Waals surface area contributed by atoms with Crippen LogP contribution in [0.15, 0.2) is 24.6 Å². The zero-order valence-electron chi connectivity index (χ0n) is 8.29. The molecule has 72 valence electrons. The average Bonchev–Trinajstić information content (AvgIpc) is 1.86. The third-order valence-corrected chi connectivity index (χ3v) is 7.68. The van der Waals surface area contributed by atoms with Gasteiger partial charge in [-0.3, -0.25) is 0 Å². The summed E-state index contributed by atoms with van der Waals surface area (Å²) in [5.41, 5.74) is 3.93. The molecule has 1 nitrogen and oxygen atoms in total. The molecule has 0 aromatic carbocycles. The van der Waals surface area contributed by atoms with Crippen molar-refractivity contribution < 1.29 is 25.2 Å². The Kier molecular flexibility index (Phi) is 6.68. The normalized spacial score (nSPS) is 11.7. The van der Waals surface area contributed by atoms with Gasteiger partial charge in [0.2, 0.25) is 0 Å². The van der Waals surface area contributed by atoms with Crippen LogP contribution in [0.2, 0.25) is 26.2 Å². The summed E-state index contributed by atoms with van der Waals surface area (Å²) >= 11 is 0. The van der Waals surface area contributed by atoms with Gasteiger partial charge in [0, 0.05) is 0 Å². The Morgan fingerprint density at radius 1 is 0.917 bits per heavy atom. The second-order valence-electron chi connectivity index (χ2n) is 3.72. The SMILES string of the molecule is C=C[Si](C)(C)O[Si](C)(C)C=C.[Pt+2]. The minimum Gasteiger partial charge on any atom is -0.449 e. The van der Waals surface area contributed by atoms with E-state index in [4.69, 9.17) is 4.12 Å². The van der Waals surface area contributed by atoms with E-state index in [0.29, 0.717) is 0 Å². The van der Waals surface area contributed by atoms with Gasteiger partial charge >= 0.3 is 21.1 Å². The van der Waals surface area contributed by atoms with Crippen LogP contribution in [0.3, 0.4) is 0 Å². The van der Waals surface area contributed by atoms with Gasteiger partial charge in [-0.05, 0) is 26.2 Å². The monoisotopic (exact) mass is 381 g/mol. The molecule has 0 fully saturated rings. The van der Waals surface area contributed by atoms with Crippen LogP contribution in [0, 0.1) is 0 Å². The Morgan fingerprint density at radius 3 is 1.33 bits per heavy atom. The van der Waals surface area contributed by atoms with Crippen molar-refractivity contribution in [3.05, 3.63) is 24.6 Å². The molecule has 0 unspecified atom stereocenters. The zero-order valence-corrected chi connectivity index (χ0v) is 12.6. The fraction of sp³-hybridized carbons (Fsp3) is 0.500. The van der Waals surface area contributed by atoms with Crippen molar-refractivity contribution in [2.45, 2.75) is 26.2 Å². The molecule has 0 aliphatic heterocycles. The molecule has 0 rings (SSSR count). The van der Waals surface area contributed by atoms with Crippen molar-refractivity contribution in [2.24, 2.45) is 0 Å². The van der Waals surface area contributed by atoms with E-state index >= 15 is 0 Å². The topological polar surface area (TPSA) is 9.23 Å². The number of rotatable bonds is 4. The maximum Gasteiger partial charge on any atom is 2.00 e. The van der Waals surface area contributed by atoms with Crippen molar-refractivity contribution in [2.75, 3.05) is 0 Å². The molecule has 0 N–H and O–H groups in total. The van der Waals surface area contributed by atoms with E-state index < -0.39 is 16.6 Å². The van der Waals surface area contributed by atoms with E-state index in [1.165, 1.54) is 0 Å². The molecule has 0 spiro atoms. The van der Waals surface area contributed by atoms with Gasteiger partial charge in [0.15, 0.2) is 16.6 Å². The maximum atomic E-state index is 5.97. The molecule has 0 aromatic heterocycles. The Morgan fingerprint density at radius 2 is 1.17 bits per heavy atom. The fourth-order valence-corrected chi connectivity index (χ4v) is 6.85. The van der Waals surface area contributed by atoms with E-state index in [1.54, 1.807) is 0 Å². The van der Waals surface area contributed by atoms with E-state index in [1.807, 2.05) is 11.4 Å². The zero-order chi connectivity index (χ0) is 9.12.